The number of nitrogens with zero attached hydrogens (tertiary/aromatic N) is 2. The molecule has 0 aliphatic heterocycles. The van der Waals surface area contributed by atoms with E-state index in [2.05, 4.69) is 5.32 Å². The summed E-state index contributed by atoms with van der Waals surface area (Å²) in [7, 11) is -3.52. The van der Waals surface area contributed by atoms with Crippen LogP contribution in [0.5, 0.6) is 0 Å². The molecule has 0 aromatic heterocycles. The van der Waals surface area contributed by atoms with E-state index in [9.17, 15) is 18.0 Å². The van der Waals surface area contributed by atoms with Gasteiger partial charge in [0, 0.05) is 25.6 Å². The smallest absolute Gasteiger partial charge is 0.243 e. The summed E-state index contributed by atoms with van der Waals surface area (Å²) < 4.78 is 26.4. The predicted octanol–water partition coefficient (Wildman–Crippen LogP) is 4.83. The van der Waals surface area contributed by atoms with Gasteiger partial charge in [0.15, 0.2) is 0 Å². The van der Waals surface area contributed by atoms with Gasteiger partial charge in [-0.2, -0.15) is 0 Å². The maximum atomic E-state index is 13.5. The van der Waals surface area contributed by atoms with Crippen molar-refractivity contribution in [2.45, 2.75) is 85.4 Å². The molecule has 0 aliphatic carbocycles. The van der Waals surface area contributed by atoms with Crippen molar-refractivity contribution in [2.24, 2.45) is 0 Å². The average Bonchev–Trinajstić information content (AvgIpc) is 2.85. The second-order valence-electron chi connectivity index (χ2n) is 9.71. The summed E-state index contributed by atoms with van der Waals surface area (Å²) in [6.07, 6.45) is 3.81. The Balaban J connectivity index is 2.22. The third-order valence-corrected chi connectivity index (χ3v) is 7.80. The van der Waals surface area contributed by atoms with Crippen LogP contribution in [0.15, 0.2) is 48.5 Å². The van der Waals surface area contributed by atoms with Gasteiger partial charge in [-0.3, -0.25) is 13.9 Å². The van der Waals surface area contributed by atoms with E-state index >= 15 is 0 Å². The zero-order valence-electron chi connectivity index (χ0n) is 23.2. The fourth-order valence-electron chi connectivity index (χ4n) is 4.27. The minimum absolute atomic E-state index is 0.0138. The summed E-state index contributed by atoms with van der Waals surface area (Å²) in [5.41, 5.74) is 3.75. The SMILES string of the molecule is CCc1ccc(N(CCCC(=O)N(Cc2cccc(C)c2)[C@@H](CC)C(=O)N[C@H](C)CC)S(C)(=O)=O)cc1. The highest BCUT2D eigenvalue weighted by Gasteiger charge is 2.29. The quantitative estimate of drug-likeness (QED) is 0.380. The number of aryl methyl sites for hydroxylation is 2. The molecule has 2 amide bonds. The molecule has 0 radical (unpaired) electrons. The first kappa shape index (κ1) is 30.4. The van der Waals surface area contributed by atoms with Crippen LogP contribution in [-0.2, 0) is 32.6 Å². The zero-order chi connectivity index (χ0) is 27.6. The number of hydrogen-bond donors (Lipinski definition) is 1. The van der Waals surface area contributed by atoms with Crippen LogP contribution in [0.1, 0.15) is 70.1 Å². The molecule has 0 spiro atoms. The second kappa shape index (κ2) is 14.2. The molecular formula is C29H43N3O4S. The number of sulfonamides is 1. The molecule has 2 aromatic carbocycles. The summed E-state index contributed by atoms with van der Waals surface area (Å²) in [4.78, 5) is 28.3. The van der Waals surface area contributed by atoms with Crippen LogP contribution in [0.2, 0.25) is 0 Å². The monoisotopic (exact) mass is 529 g/mol. The van der Waals surface area contributed by atoms with E-state index in [0.29, 0.717) is 25.1 Å². The van der Waals surface area contributed by atoms with Gasteiger partial charge in [0.2, 0.25) is 21.8 Å². The van der Waals surface area contributed by atoms with Gasteiger partial charge in [-0.15, -0.1) is 0 Å². The predicted molar refractivity (Wildman–Crippen MR) is 151 cm³/mol. The summed E-state index contributed by atoms with van der Waals surface area (Å²) in [6.45, 7) is 10.4. The first-order chi connectivity index (χ1) is 17.5. The minimum atomic E-state index is -3.52. The molecule has 7 nitrogen and oxygen atoms in total. The van der Waals surface area contributed by atoms with E-state index < -0.39 is 16.1 Å². The van der Waals surface area contributed by atoms with Crippen molar-refractivity contribution in [3.63, 3.8) is 0 Å². The maximum absolute atomic E-state index is 13.5. The highest BCUT2D eigenvalue weighted by atomic mass is 32.2. The number of rotatable bonds is 14. The number of hydrogen-bond acceptors (Lipinski definition) is 4. The van der Waals surface area contributed by atoms with Gasteiger partial charge in [0.05, 0.1) is 11.9 Å². The molecule has 2 aromatic rings. The molecule has 0 saturated heterocycles. The zero-order valence-corrected chi connectivity index (χ0v) is 24.0. The van der Waals surface area contributed by atoms with E-state index in [0.717, 1.165) is 29.5 Å². The third kappa shape index (κ3) is 9.18. The number of anilines is 1. The van der Waals surface area contributed by atoms with Gasteiger partial charge >= 0.3 is 0 Å². The Labute approximate surface area is 223 Å². The molecule has 1 N–H and O–H groups in total. The summed E-state index contributed by atoms with van der Waals surface area (Å²) in [5.74, 6) is -0.325. The van der Waals surface area contributed by atoms with Crippen molar-refractivity contribution in [1.82, 2.24) is 10.2 Å². The largest absolute Gasteiger partial charge is 0.352 e. The Morgan fingerprint density at radius 1 is 0.973 bits per heavy atom. The van der Waals surface area contributed by atoms with Crippen molar-refractivity contribution in [3.05, 3.63) is 65.2 Å². The van der Waals surface area contributed by atoms with Crippen LogP contribution in [0.3, 0.4) is 0 Å². The fourth-order valence-corrected chi connectivity index (χ4v) is 5.24. The Bertz CT molecular complexity index is 1130. The lowest BCUT2D eigenvalue weighted by molar-refractivity contribution is -0.141. The Morgan fingerprint density at radius 3 is 2.19 bits per heavy atom. The van der Waals surface area contributed by atoms with Crippen LogP contribution < -0.4 is 9.62 Å². The van der Waals surface area contributed by atoms with Crippen molar-refractivity contribution < 1.29 is 18.0 Å². The van der Waals surface area contributed by atoms with E-state index in [-0.39, 0.29) is 30.8 Å². The first-order valence-electron chi connectivity index (χ1n) is 13.2. The molecular weight excluding hydrogens is 486 g/mol. The molecule has 2 rings (SSSR count). The molecule has 37 heavy (non-hydrogen) atoms. The summed E-state index contributed by atoms with van der Waals surface area (Å²) in [6, 6.07) is 14.8. The summed E-state index contributed by atoms with van der Waals surface area (Å²) >= 11 is 0. The molecule has 0 unspecified atom stereocenters. The number of carbonyl (C=O) groups is 2. The molecule has 0 aliphatic rings. The van der Waals surface area contributed by atoms with Crippen LogP contribution in [-0.4, -0.2) is 50.0 Å². The number of amides is 2. The Morgan fingerprint density at radius 2 is 1.65 bits per heavy atom. The summed E-state index contributed by atoms with van der Waals surface area (Å²) in [5, 5.41) is 3.02. The van der Waals surface area contributed by atoms with Gasteiger partial charge in [-0.25, -0.2) is 8.42 Å². The third-order valence-electron chi connectivity index (χ3n) is 6.61. The van der Waals surface area contributed by atoms with Crippen molar-refractivity contribution in [3.8, 4) is 0 Å². The minimum Gasteiger partial charge on any atom is -0.352 e. The van der Waals surface area contributed by atoms with Crippen LogP contribution in [0, 0.1) is 6.92 Å². The van der Waals surface area contributed by atoms with Crippen LogP contribution in [0.25, 0.3) is 0 Å². The van der Waals surface area contributed by atoms with Crippen LogP contribution in [0.4, 0.5) is 5.69 Å². The lowest BCUT2D eigenvalue weighted by Crippen LogP contribution is -2.50. The lowest BCUT2D eigenvalue weighted by atomic mass is 10.1. The standard InChI is InChI=1S/C29H43N3O4S/c1-7-23(5)30-29(34)27(9-3)31(21-25-13-10-12-22(4)20-25)28(33)14-11-19-32(37(6,35)36)26-17-15-24(8-2)16-18-26/h10,12-13,15-18,20,23,27H,7-9,11,14,19,21H2,1-6H3,(H,30,34)/t23-,27+/m1/s1. The molecule has 204 valence electrons. The Hall–Kier alpha value is -2.87. The molecule has 0 saturated carbocycles. The number of benzene rings is 2. The lowest BCUT2D eigenvalue weighted by Gasteiger charge is -2.32. The molecule has 0 heterocycles. The van der Waals surface area contributed by atoms with Gasteiger partial charge < -0.3 is 10.2 Å². The van der Waals surface area contributed by atoms with E-state index in [4.69, 9.17) is 0 Å². The van der Waals surface area contributed by atoms with E-state index in [1.54, 1.807) is 17.0 Å². The Kier molecular flexibility index (Phi) is 11.6. The van der Waals surface area contributed by atoms with Crippen molar-refractivity contribution >= 4 is 27.5 Å². The molecule has 2 atom stereocenters. The van der Waals surface area contributed by atoms with Gasteiger partial charge in [0.1, 0.15) is 6.04 Å². The average molecular weight is 530 g/mol. The molecule has 0 bridgehead atoms. The topological polar surface area (TPSA) is 86.8 Å². The molecule has 8 heteroatoms. The van der Waals surface area contributed by atoms with E-state index in [1.165, 1.54) is 10.6 Å². The van der Waals surface area contributed by atoms with Gasteiger partial charge in [-0.1, -0.05) is 62.7 Å². The maximum Gasteiger partial charge on any atom is 0.243 e. The van der Waals surface area contributed by atoms with Crippen LogP contribution >= 0.6 is 0 Å². The second-order valence-corrected chi connectivity index (χ2v) is 11.6. The number of carbonyl (C=O) groups excluding carboxylic acids is 2. The van der Waals surface area contributed by atoms with E-state index in [1.807, 2.05) is 71.0 Å². The number of nitrogens with one attached hydrogen (secondary N) is 1. The van der Waals surface area contributed by atoms with Crippen molar-refractivity contribution in [2.75, 3.05) is 17.1 Å². The fraction of sp³-hybridized carbons (Fsp3) is 0.517. The first-order valence-corrected chi connectivity index (χ1v) is 15.1. The normalized spacial score (nSPS) is 13.0. The highest BCUT2D eigenvalue weighted by Crippen LogP contribution is 2.21. The van der Waals surface area contributed by atoms with Gasteiger partial charge in [0.25, 0.3) is 0 Å². The van der Waals surface area contributed by atoms with Gasteiger partial charge in [-0.05, 0) is 62.8 Å². The highest BCUT2D eigenvalue weighted by molar-refractivity contribution is 7.92. The molecule has 0 fully saturated rings. The van der Waals surface area contributed by atoms with Crippen molar-refractivity contribution in [1.29, 1.82) is 0 Å².